The van der Waals surface area contributed by atoms with E-state index in [9.17, 15) is 0 Å². The minimum atomic E-state index is 0. The summed E-state index contributed by atoms with van der Waals surface area (Å²) >= 11 is 0. The van der Waals surface area contributed by atoms with Gasteiger partial charge in [-0.15, -0.1) is 12.4 Å². The van der Waals surface area contributed by atoms with Crippen LogP contribution in [0.5, 0.6) is 0 Å². The first-order chi connectivity index (χ1) is 13.6. The summed E-state index contributed by atoms with van der Waals surface area (Å²) in [6.45, 7) is 9.26. The van der Waals surface area contributed by atoms with E-state index in [4.69, 9.17) is 5.73 Å². The highest BCUT2D eigenvalue weighted by atomic mass is 35.5. The van der Waals surface area contributed by atoms with Gasteiger partial charge in [0.25, 0.3) is 0 Å². The largest absolute Gasteiger partial charge is 0.325 e. The van der Waals surface area contributed by atoms with Gasteiger partial charge in [0.15, 0.2) is 0 Å². The number of hydrogen-bond acceptors (Lipinski definition) is 1. The topological polar surface area (TPSA) is 26.0 Å². The molecule has 0 aliphatic carbocycles. The molecule has 0 aliphatic heterocycles. The first kappa shape index (κ1) is 31.4. The van der Waals surface area contributed by atoms with Crippen LogP contribution in [0.25, 0.3) is 0 Å². The van der Waals surface area contributed by atoms with Crippen molar-refractivity contribution in [2.45, 2.75) is 168 Å². The van der Waals surface area contributed by atoms with Crippen molar-refractivity contribution >= 4 is 12.4 Å². The lowest BCUT2D eigenvalue weighted by Crippen LogP contribution is -2.47. The van der Waals surface area contributed by atoms with Gasteiger partial charge in [-0.3, -0.25) is 0 Å². The van der Waals surface area contributed by atoms with Crippen LogP contribution in [0.15, 0.2) is 0 Å². The van der Waals surface area contributed by atoms with E-state index in [1.165, 1.54) is 135 Å². The molecule has 0 aliphatic rings. The summed E-state index contributed by atoms with van der Waals surface area (Å²) < 4.78 is 0. The molecule has 0 saturated carbocycles. The number of rotatable bonds is 22. The van der Waals surface area contributed by atoms with Gasteiger partial charge in [0.1, 0.15) is 0 Å². The minimum absolute atomic E-state index is 0. The molecule has 0 heterocycles. The molecule has 0 aromatic rings. The molecule has 0 spiro atoms. The molecule has 2 N–H and O–H groups in total. The van der Waals surface area contributed by atoms with Gasteiger partial charge in [0.05, 0.1) is 0 Å². The second-order valence-corrected chi connectivity index (χ2v) is 9.60. The van der Waals surface area contributed by atoms with Gasteiger partial charge in [-0.2, -0.15) is 0 Å². The highest BCUT2D eigenvalue weighted by Crippen LogP contribution is 2.35. The Kier molecular flexibility index (Phi) is 24.9. The first-order valence-corrected chi connectivity index (χ1v) is 13.4. The van der Waals surface area contributed by atoms with Crippen LogP contribution in [0.3, 0.4) is 0 Å². The average Bonchev–Trinajstić information content (AvgIpc) is 2.70. The van der Waals surface area contributed by atoms with Crippen LogP contribution in [0, 0.1) is 5.92 Å². The van der Waals surface area contributed by atoms with E-state index >= 15 is 0 Å². The van der Waals surface area contributed by atoms with Crippen molar-refractivity contribution in [2.75, 3.05) is 0 Å². The van der Waals surface area contributed by atoms with Crippen LogP contribution < -0.4 is 5.73 Å². The van der Waals surface area contributed by atoms with Gasteiger partial charge in [-0.1, -0.05) is 137 Å². The molecule has 0 aromatic heterocycles. The fraction of sp³-hybridized carbons (Fsp3) is 1.00. The summed E-state index contributed by atoms with van der Waals surface area (Å²) in [5.74, 6) is 0.759. The van der Waals surface area contributed by atoms with Crippen LogP contribution >= 0.6 is 12.4 Å². The lowest BCUT2D eigenvalue weighted by atomic mass is 9.72. The van der Waals surface area contributed by atoms with Crippen molar-refractivity contribution < 1.29 is 0 Å². The number of halogens is 1. The third-order valence-corrected chi connectivity index (χ3v) is 6.87. The second kappa shape index (κ2) is 22.9. The maximum atomic E-state index is 7.26. The highest BCUT2D eigenvalue weighted by molar-refractivity contribution is 5.85. The Morgan fingerprint density at radius 1 is 0.483 bits per heavy atom. The fourth-order valence-corrected chi connectivity index (χ4v) is 4.83. The molecule has 0 saturated heterocycles. The van der Waals surface area contributed by atoms with Gasteiger partial charge in [0.2, 0.25) is 0 Å². The lowest BCUT2D eigenvalue weighted by Gasteiger charge is -2.39. The van der Waals surface area contributed by atoms with E-state index in [2.05, 4.69) is 27.7 Å². The van der Waals surface area contributed by atoms with Gasteiger partial charge in [-0.05, 0) is 31.6 Å². The second-order valence-electron chi connectivity index (χ2n) is 9.60. The van der Waals surface area contributed by atoms with E-state index in [1.807, 2.05) is 0 Å². The Hall–Kier alpha value is 0.250. The van der Waals surface area contributed by atoms with Gasteiger partial charge < -0.3 is 5.73 Å². The molecule has 0 amide bonds. The molecule has 0 radical (unpaired) electrons. The molecule has 29 heavy (non-hydrogen) atoms. The van der Waals surface area contributed by atoms with Crippen molar-refractivity contribution in [3.05, 3.63) is 0 Å². The molecule has 0 aromatic carbocycles. The number of unbranched alkanes of at least 4 members (excludes halogenated alkanes) is 13. The van der Waals surface area contributed by atoms with Crippen molar-refractivity contribution in [1.82, 2.24) is 0 Å². The maximum Gasteiger partial charge on any atom is 0.0182 e. The first-order valence-electron chi connectivity index (χ1n) is 13.4. The summed E-state index contributed by atoms with van der Waals surface area (Å²) in [4.78, 5) is 0. The zero-order valence-corrected chi connectivity index (χ0v) is 21.7. The van der Waals surface area contributed by atoms with E-state index < -0.39 is 0 Å². The van der Waals surface area contributed by atoms with E-state index in [-0.39, 0.29) is 17.9 Å². The molecule has 178 valence electrons. The summed E-state index contributed by atoms with van der Waals surface area (Å²) in [5, 5.41) is 0. The van der Waals surface area contributed by atoms with Crippen LogP contribution in [-0.4, -0.2) is 5.54 Å². The zero-order valence-electron chi connectivity index (χ0n) is 20.9. The Bertz CT molecular complexity index is 293. The molecule has 1 unspecified atom stereocenters. The highest BCUT2D eigenvalue weighted by Gasteiger charge is 2.33. The minimum Gasteiger partial charge on any atom is -0.325 e. The zero-order chi connectivity index (χ0) is 20.9. The van der Waals surface area contributed by atoms with Crippen LogP contribution in [-0.2, 0) is 0 Å². The monoisotopic (exact) mass is 431 g/mol. The molecular formula is C27H58ClN. The predicted molar refractivity (Wildman–Crippen MR) is 137 cm³/mol. The summed E-state index contributed by atoms with van der Waals surface area (Å²) in [5.41, 5.74) is 7.37. The molecule has 1 atom stereocenters. The molecule has 0 bridgehead atoms. The summed E-state index contributed by atoms with van der Waals surface area (Å²) in [7, 11) is 0. The standard InChI is InChI=1S/C27H57N.ClH/c1-5-9-13-17-19-23-26(22-18-14-10-6-2)27(28,24-20-15-11-7-3)25-21-16-12-8-4;/h26H,5-25,28H2,1-4H3;1H. The Morgan fingerprint density at radius 3 is 1.17 bits per heavy atom. The van der Waals surface area contributed by atoms with Gasteiger partial charge >= 0.3 is 0 Å². The maximum absolute atomic E-state index is 7.26. The van der Waals surface area contributed by atoms with Gasteiger partial charge in [-0.25, -0.2) is 0 Å². The fourth-order valence-electron chi connectivity index (χ4n) is 4.83. The van der Waals surface area contributed by atoms with E-state index in [1.54, 1.807) is 0 Å². The van der Waals surface area contributed by atoms with Crippen molar-refractivity contribution in [2.24, 2.45) is 11.7 Å². The van der Waals surface area contributed by atoms with Gasteiger partial charge in [0, 0.05) is 5.54 Å². The van der Waals surface area contributed by atoms with Crippen LogP contribution in [0.1, 0.15) is 163 Å². The number of nitrogens with two attached hydrogens (primary N) is 1. The lowest BCUT2D eigenvalue weighted by molar-refractivity contribution is 0.190. The van der Waals surface area contributed by atoms with Crippen LogP contribution in [0.4, 0.5) is 0 Å². The number of hydrogen-bond donors (Lipinski definition) is 1. The van der Waals surface area contributed by atoms with Crippen LogP contribution in [0.2, 0.25) is 0 Å². The van der Waals surface area contributed by atoms with Crippen molar-refractivity contribution in [3.8, 4) is 0 Å². The SMILES string of the molecule is CCCCCCCC(CCCCCC)C(N)(CCCCCC)CCCCCC.Cl. The predicted octanol–water partition coefficient (Wildman–Crippen LogP) is 9.99. The third-order valence-electron chi connectivity index (χ3n) is 6.87. The third kappa shape index (κ3) is 17.6. The van der Waals surface area contributed by atoms with Crippen molar-refractivity contribution in [1.29, 1.82) is 0 Å². The average molecular weight is 432 g/mol. The molecule has 0 rings (SSSR count). The molecule has 1 nitrogen and oxygen atoms in total. The van der Waals surface area contributed by atoms with E-state index in [0.29, 0.717) is 0 Å². The molecule has 2 heteroatoms. The van der Waals surface area contributed by atoms with E-state index in [0.717, 1.165) is 5.92 Å². The normalized spacial score (nSPS) is 12.7. The smallest absolute Gasteiger partial charge is 0.0182 e. The van der Waals surface area contributed by atoms with Crippen molar-refractivity contribution in [3.63, 3.8) is 0 Å². The summed E-state index contributed by atoms with van der Waals surface area (Å²) in [6, 6.07) is 0. The molecular weight excluding hydrogens is 374 g/mol. The Morgan fingerprint density at radius 2 is 0.793 bits per heavy atom. The molecule has 0 fully saturated rings. The Balaban J connectivity index is 0. The quantitative estimate of drug-likeness (QED) is 0.169. The Labute approximate surface area is 192 Å². The summed E-state index contributed by atoms with van der Waals surface area (Å²) in [6.07, 6.45) is 28.7.